The molecule has 2 aromatic carbocycles. The molecule has 0 aliphatic rings. The van der Waals surface area contributed by atoms with Crippen LogP contribution in [0.5, 0.6) is 0 Å². The molecule has 0 atom stereocenters. The predicted octanol–water partition coefficient (Wildman–Crippen LogP) is 3.53. The highest BCUT2D eigenvalue weighted by Crippen LogP contribution is 2.32. The predicted molar refractivity (Wildman–Crippen MR) is 115 cm³/mol. The lowest BCUT2D eigenvalue weighted by Gasteiger charge is -2.10. The van der Waals surface area contributed by atoms with Crippen LogP contribution in [0.25, 0.3) is 21.8 Å². The third-order valence-corrected chi connectivity index (χ3v) is 5.37. The van der Waals surface area contributed by atoms with Crippen molar-refractivity contribution in [3.63, 3.8) is 0 Å². The molecular formula is C19H16N8O2S. The van der Waals surface area contributed by atoms with E-state index >= 15 is 0 Å². The van der Waals surface area contributed by atoms with Crippen molar-refractivity contribution < 1.29 is 5.21 Å². The van der Waals surface area contributed by atoms with Crippen LogP contribution in [0.1, 0.15) is 5.69 Å². The molecule has 0 aliphatic heterocycles. The standard InChI is InChI=1S/C19H16N8O2S/c1-9-6-16(25-23-9)21-17-12-4-2-10(27-29)7-14(12)20-19(22-17)30-11-3-5-13-15(8-11)24-26-18(13)28/h2-8,27,29H,1H3,(H2,24,26,28)(H2,20,21,22,23,25). The van der Waals surface area contributed by atoms with E-state index < -0.39 is 0 Å². The molecule has 0 saturated heterocycles. The molecule has 0 spiro atoms. The highest BCUT2D eigenvalue weighted by Gasteiger charge is 2.12. The summed E-state index contributed by atoms with van der Waals surface area (Å²) in [6.07, 6.45) is 0. The molecule has 11 heteroatoms. The van der Waals surface area contributed by atoms with Gasteiger partial charge in [-0.05, 0) is 55.1 Å². The molecule has 150 valence electrons. The first kappa shape index (κ1) is 18.2. The summed E-state index contributed by atoms with van der Waals surface area (Å²) in [5, 5.41) is 26.9. The number of hydrogen-bond acceptors (Lipinski definition) is 8. The maximum absolute atomic E-state index is 11.7. The van der Waals surface area contributed by atoms with Crippen molar-refractivity contribution in [1.82, 2.24) is 30.4 Å². The second kappa shape index (κ2) is 7.21. The Morgan fingerprint density at radius 1 is 1.03 bits per heavy atom. The maximum Gasteiger partial charge on any atom is 0.271 e. The second-order valence-electron chi connectivity index (χ2n) is 6.65. The Hall–Kier alpha value is -3.83. The molecule has 5 rings (SSSR count). The smallest absolute Gasteiger partial charge is 0.271 e. The zero-order chi connectivity index (χ0) is 20.7. The van der Waals surface area contributed by atoms with E-state index in [1.54, 1.807) is 18.2 Å². The Bertz CT molecular complexity index is 1440. The van der Waals surface area contributed by atoms with E-state index in [4.69, 9.17) is 0 Å². The number of nitrogens with one attached hydrogen (secondary N) is 5. The molecule has 3 aromatic heterocycles. The second-order valence-corrected chi connectivity index (χ2v) is 7.69. The van der Waals surface area contributed by atoms with Crippen LogP contribution in [-0.2, 0) is 0 Å². The molecular weight excluding hydrogens is 404 g/mol. The van der Waals surface area contributed by atoms with Gasteiger partial charge >= 0.3 is 0 Å². The zero-order valence-corrected chi connectivity index (χ0v) is 16.5. The number of benzene rings is 2. The van der Waals surface area contributed by atoms with Crippen LogP contribution in [0.3, 0.4) is 0 Å². The molecule has 30 heavy (non-hydrogen) atoms. The lowest BCUT2D eigenvalue weighted by molar-refractivity contribution is 0.389. The van der Waals surface area contributed by atoms with Gasteiger partial charge in [0, 0.05) is 22.0 Å². The summed E-state index contributed by atoms with van der Waals surface area (Å²) in [6.45, 7) is 1.91. The first-order chi connectivity index (χ1) is 14.6. The lowest BCUT2D eigenvalue weighted by Crippen LogP contribution is -2.00. The Labute approximate surface area is 173 Å². The van der Waals surface area contributed by atoms with Gasteiger partial charge in [0.15, 0.2) is 11.0 Å². The molecule has 0 unspecified atom stereocenters. The SMILES string of the molecule is Cc1cc(Nc2nc(Sc3ccc4c(=O)[nH][nH]c4c3)nc3cc(NO)ccc23)n[nH]1. The minimum Gasteiger partial charge on any atom is -0.323 e. The molecule has 0 aliphatic carbocycles. The van der Waals surface area contributed by atoms with Gasteiger partial charge in [0.25, 0.3) is 5.56 Å². The number of fused-ring (bicyclic) bond motifs is 2. The van der Waals surface area contributed by atoms with E-state index in [2.05, 4.69) is 41.2 Å². The number of H-pyrrole nitrogens is 3. The van der Waals surface area contributed by atoms with Gasteiger partial charge in [-0.2, -0.15) is 5.10 Å². The number of anilines is 3. The Balaban J connectivity index is 1.58. The molecule has 0 saturated carbocycles. The van der Waals surface area contributed by atoms with E-state index in [1.165, 1.54) is 11.8 Å². The summed E-state index contributed by atoms with van der Waals surface area (Å²) in [4.78, 5) is 21.9. The third kappa shape index (κ3) is 3.36. The van der Waals surface area contributed by atoms with Gasteiger partial charge in [0.05, 0.1) is 22.1 Å². The van der Waals surface area contributed by atoms with Crippen molar-refractivity contribution in [1.29, 1.82) is 0 Å². The molecule has 6 N–H and O–H groups in total. The first-order valence-electron chi connectivity index (χ1n) is 8.98. The van der Waals surface area contributed by atoms with E-state index in [9.17, 15) is 10.0 Å². The van der Waals surface area contributed by atoms with Crippen LogP contribution in [0.15, 0.2) is 57.3 Å². The van der Waals surface area contributed by atoms with Gasteiger partial charge in [-0.15, -0.1) is 0 Å². The van der Waals surface area contributed by atoms with Crippen molar-refractivity contribution in [3.8, 4) is 0 Å². The minimum atomic E-state index is -0.159. The molecule has 0 bridgehead atoms. The first-order valence-corrected chi connectivity index (χ1v) is 9.80. The lowest BCUT2D eigenvalue weighted by atomic mass is 10.2. The Kier molecular flexibility index (Phi) is 4.38. The van der Waals surface area contributed by atoms with E-state index in [1.807, 2.05) is 31.2 Å². The maximum atomic E-state index is 11.7. The van der Waals surface area contributed by atoms with Crippen molar-refractivity contribution in [3.05, 3.63) is 58.5 Å². The van der Waals surface area contributed by atoms with Crippen LogP contribution in [0.4, 0.5) is 17.3 Å². The number of aromatic nitrogens is 6. The molecule has 0 amide bonds. The molecule has 10 nitrogen and oxygen atoms in total. The summed E-state index contributed by atoms with van der Waals surface area (Å²) in [7, 11) is 0. The van der Waals surface area contributed by atoms with Crippen molar-refractivity contribution >= 4 is 50.9 Å². The number of rotatable bonds is 5. The normalized spacial score (nSPS) is 11.3. The van der Waals surface area contributed by atoms with Gasteiger partial charge in [0.1, 0.15) is 5.82 Å². The van der Waals surface area contributed by atoms with Crippen LogP contribution >= 0.6 is 11.8 Å². The van der Waals surface area contributed by atoms with Crippen LogP contribution < -0.4 is 16.4 Å². The highest BCUT2D eigenvalue weighted by molar-refractivity contribution is 7.99. The van der Waals surface area contributed by atoms with Gasteiger partial charge < -0.3 is 5.32 Å². The van der Waals surface area contributed by atoms with Crippen molar-refractivity contribution in [2.75, 3.05) is 10.8 Å². The topological polar surface area (TPSA) is 147 Å². The quantitative estimate of drug-likeness (QED) is 0.187. The highest BCUT2D eigenvalue weighted by atomic mass is 32.2. The van der Waals surface area contributed by atoms with Gasteiger partial charge in [-0.1, -0.05) is 0 Å². The zero-order valence-electron chi connectivity index (χ0n) is 15.6. The van der Waals surface area contributed by atoms with Gasteiger partial charge in [-0.25, -0.2) is 9.97 Å². The number of aromatic amines is 3. The molecule has 0 radical (unpaired) electrons. The van der Waals surface area contributed by atoms with Crippen LogP contribution in [-0.4, -0.2) is 35.6 Å². The summed E-state index contributed by atoms with van der Waals surface area (Å²) in [6, 6.07) is 12.6. The third-order valence-electron chi connectivity index (χ3n) is 4.51. The van der Waals surface area contributed by atoms with E-state index in [0.717, 1.165) is 16.0 Å². The number of nitrogens with zero attached hydrogens (tertiary/aromatic N) is 3. The fraction of sp³-hybridized carbons (Fsp3) is 0.0526. The Morgan fingerprint density at radius 2 is 1.90 bits per heavy atom. The fourth-order valence-corrected chi connectivity index (χ4v) is 3.91. The van der Waals surface area contributed by atoms with Crippen molar-refractivity contribution in [2.45, 2.75) is 17.0 Å². The number of hydrogen-bond donors (Lipinski definition) is 6. The summed E-state index contributed by atoms with van der Waals surface area (Å²) in [5.41, 5.74) is 4.78. The largest absolute Gasteiger partial charge is 0.323 e. The average molecular weight is 420 g/mol. The average Bonchev–Trinajstić information content (AvgIpc) is 3.32. The van der Waals surface area contributed by atoms with Crippen LogP contribution in [0.2, 0.25) is 0 Å². The van der Waals surface area contributed by atoms with E-state index in [-0.39, 0.29) is 5.56 Å². The Morgan fingerprint density at radius 3 is 2.70 bits per heavy atom. The molecule has 3 heterocycles. The van der Waals surface area contributed by atoms with Crippen LogP contribution in [0, 0.1) is 6.92 Å². The minimum absolute atomic E-state index is 0.159. The van der Waals surface area contributed by atoms with Gasteiger partial charge in [0.2, 0.25) is 0 Å². The number of aryl methyl sites for hydroxylation is 1. The molecule has 5 aromatic rings. The summed E-state index contributed by atoms with van der Waals surface area (Å²) in [5.74, 6) is 1.23. The fourth-order valence-electron chi connectivity index (χ4n) is 3.11. The van der Waals surface area contributed by atoms with E-state index in [0.29, 0.717) is 38.9 Å². The van der Waals surface area contributed by atoms with Crippen molar-refractivity contribution in [2.24, 2.45) is 0 Å². The summed E-state index contributed by atoms with van der Waals surface area (Å²) >= 11 is 1.36. The summed E-state index contributed by atoms with van der Waals surface area (Å²) < 4.78 is 0. The van der Waals surface area contributed by atoms with Gasteiger partial charge in [-0.3, -0.25) is 30.8 Å². The molecule has 0 fully saturated rings. The monoisotopic (exact) mass is 420 g/mol.